The van der Waals surface area contributed by atoms with Crippen molar-refractivity contribution in [1.29, 1.82) is 0 Å². The van der Waals surface area contributed by atoms with Gasteiger partial charge in [0.25, 0.3) is 0 Å². The number of benzene rings is 1. The second-order valence-corrected chi connectivity index (χ2v) is 3.18. The van der Waals surface area contributed by atoms with Crippen LogP contribution in [0.5, 0.6) is 0 Å². The molecule has 0 fully saturated rings. The standard InChI is InChI=1S/C11H14N2O2/c1-3-8(2)12-13-10-6-4-9(5-7-10)11(14)15/h4-7,13H,3H2,1-2H3,(H,14,15)/p-1/b12-8-. The predicted octanol–water partition coefficient (Wildman–Crippen LogP) is 1.25. The Labute approximate surface area is 88.6 Å². The molecule has 1 aromatic rings. The molecule has 0 amide bonds. The third kappa shape index (κ3) is 3.42. The van der Waals surface area contributed by atoms with Crippen LogP contribution in [0.15, 0.2) is 29.4 Å². The average Bonchev–Trinajstić information content (AvgIpc) is 2.26. The van der Waals surface area contributed by atoms with E-state index in [9.17, 15) is 9.90 Å². The molecule has 0 unspecified atom stereocenters. The van der Waals surface area contributed by atoms with Crippen LogP contribution >= 0.6 is 0 Å². The lowest BCUT2D eigenvalue weighted by molar-refractivity contribution is -0.255. The first-order valence-electron chi connectivity index (χ1n) is 4.74. The van der Waals surface area contributed by atoms with Crippen LogP contribution in [-0.4, -0.2) is 11.7 Å². The van der Waals surface area contributed by atoms with Crippen molar-refractivity contribution < 1.29 is 9.90 Å². The largest absolute Gasteiger partial charge is 0.545 e. The van der Waals surface area contributed by atoms with Crippen LogP contribution in [0, 0.1) is 0 Å². The van der Waals surface area contributed by atoms with E-state index in [-0.39, 0.29) is 5.56 Å². The maximum atomic E-state index is 10.5. The maximum absolute atomic E-state index is 10.5. The summed E-state index contributed by atoms with van der Waals surface area (Å²) in [4.78, 5) is 10.5. The molecule has 0 aliphatic rings. The minimum absolute atomic E-state index is 0.164. The van der Waals surface area contributed by atoms with Gasteiger partial charge in [-0.05, 0) is 31.0 Å². The summed E-state index contributed by atoms with van der Waals surface area (Å²) in [7, 11) is 0. The molecule has 0 radical (unpaired) electrons. The van der Waals surface area contributed by atoms with Crippen LogP contribution in [0.2, 0.25) is 0 Å². The lowest BCUT2D eigenvalue weighted by Crippen LogP contribution is -2.21. The molecule has 0 bridgehead atoms. The third-order valence-electron chi connectivity index (χ3n) is 2.01. The Morgan fingerprint density at radius 1 is 1.40 bits per heavy atom. The number of nitrogens with zero attached hydrogens (tertiary/aromatic N) is 1. The van der Waals surface area contributed by atoms with E-state index in [4.69, 9.17) is 0 Å². The molecule has 0 aliphatic carbocycles. The van der Waals surface area contributed by atoms with Crippen LogP contribution in [0.3, 0.4) is 0 Å². The molecule has 1 aromatic carbocycles. The number of carbonyl (C=O) groups is 1. The molecule has 0 saturated carbocycles. The first kappa shape index (κ1) is 11.2. The van der Waals surface area contributed by atoms with Crippen molar-refractivity contribution in [3.63, 3.8) is 0 Å². The van der Waals surface area contributed by atoms with E-state index in [1.165, 1.54) is 12.1 Å². The van der Waals surface area contributed by atoms with Crippen molar-refractivity contribution in [2.45, 2.75) is 20.3 Å². The topological polar surface area (TPSA) is 64.5 Å². The van der Waals surface area contributed by atoms with Gasteiger partial charge >= 0.3 is 0 Å². The van der Waals surface area contributed by atoms with Gasteiger partial charge in [0, 0.05) is 5.71 Å². The summed E-state index contributed by atoms with van der Waals surface area (Å²) < 4.78 is 0. The zero-order chi connectivity index (χ0) is 11.3. The molecule has 0 aromatic heterocycles. The quantitative estimate of drug-likeness (QED) is 0.594. The second-order valence-electron chi connectivity index (χ2n) is 3.18. The number of nitrogens with one attached hydrogen (secondary N) is 1. The van der Waals surface area contributed by atoms with Gasteiger partial charge in [-0.1, -0.05) is 19.1 Å². The Hall–Kier alpha value is -1.84. The summed E-state index contributed by atoms with van der Waals surface area (Å²) >= 11 is 0. The number of hydrogen-bond acceptors (Lipinski definition) is 4. The van der Waals surface area contributed by atoms with Crippen molar-refractivity contribution in [3.05, 3.63) is 29.8 Å². The molecule has 0 atom stereocenters. The Bertz CT molecular complexity index is 369. The van der Waals surface area contributed by atoms with Crippen LogP contribution in [-0.2, 0) is 0 Å². The van der Waals surface area contributed by atoms with Gasteiger partial charge in [0.1, 0.15) is 0 Å². The minimum Gasteiger partial charge on any atom is -0.545 e. The van der Waals surface area contributed by atoms with Crippen molar-refractivity contribution in [2.75, 3.05) is 5.43 Å². The van der Waals surface area contributed by atoms with Crippen molar-refractivity contribution in [3.8, 4) is 0 Å². The maximum Gasteiger partial charge on any atom is 0.0715 e. The van der Waals surface area contributed by atoms with Crippen molar-refractivity contribution in [1.82, 2.24) is 0 Å². The Morgan fingerprint density at radius 2 is 2.00 bits per heavy atom. The number of carboxylic acids is 1. The monoisotopic (exact) mass is 205 g/mol. The lowest BCUT2D eigenvalue weighted by atomic mass is 10.2. The zero-order valence-corrected chi connectivity index (χ0v) is 8.78. The summed E-state index contributed by atoms with van der Waals surface area (Å²) in [6.45, 7) is 3.93. The molecule has 15 heavy (non-hydrogen) atoms. The number of rotatable bonds is 4. The summed E-state index contributed by atoms with van der Waals surface area (Å²) in [5, 5.41) is 14.6. The lowest BCUT2D eigenvalue weighted by Gasteiger charge is -2.04. The van der Waals surface area contributed by atoms with Gasteiger partial charge in [0.05, 0.1) is 11.7 Å². The number of hydrogen-bond donors (Lipinski definition) is 1. The summed E-state index contributed by atoms with van der Waals surface area (Å²) in [5.41, 5.74) is 4.74. The van der Waals surface area contributed by atoms with Crippen LogP contribution in [0.25, 0.3) is 0 Å². The number of anilines is 1. The Kier molecular flexibility index (Phi) is 3.85. The normalized spacial score (nSPS) is 11.2. The highest BCUT2D eigenvalue weighted by Gasteiger charge is 1.93. The zero-order valence-electron chi connectivity index (χ0n) is 8.78. The first-order chi connectivity index (χ1) is 7.13. The Balaban J connectivity index is 2.69. The highest BCUT2D eigenvalue weighted by atomic mass is 16.4. The van der Waals surface area contributed by atoms with Gasteiger partial charge in [-0.15, -0.1) is 0 Å². The molecular weight excluding hydrogens is 192 g/mol. The molecule has 80 valence electrons. The van der Waals surface area contributed by atoms with Gasteiger partial charge in [-0.25, -0.2) is 0 Å². The SMILES string of the molecule is CC/C(C)=N\Nc1ccc(C(=O)[O-])cc1. The van der Waals surface area contributed by atoms with E-state index in [0.717, 1.165) is 17.8 Å². The number of aromatic carboxylic acids is 1. The summed E-state index contributed by atoms with van der Waals surface area (Å²) in [6.07, 6.45) is 0.879. The van der Waals surface area contributed by atoms with E-state index < -0.39 is 5.97 Å². The highest BCUT2D eigenvalue weighted by molar-refractivity contribution is 5.86. The molecule has 0 spiro atoms. The molecule has 0 aliphatic heterocycles. The fraction of sp³-hybridized carbons (Fsp3) is 0.273. The first-order valence-corrected chi connectivity index (χ1v) is 4.74. The summed E-state index contributed by atoms with van der Waals surface area (Å²) in [5.74, 6) is -1.17. The van der Waals surface area contributed by atoms with Crippen molar-refractivity contribution >= 4 is 17.4 Å². The van der Waals surface area contributed by atoms with E-state index >= 15 is 0 Å². The van der Waals surface area contributed by atoms with Gasteiger partial charge in [-0.3, -0.25) is 5.43 Å². The van der Waals surface area contributed by atoms with E-state index in [1.807, 2.05) is 13.8 Å². The van der Waals surface area contributed by atoms with Gasteiger partial charge < -0.3 is 9.90 Å². The van der Waals surface area contributed by atoms with Crippen LogP contribution in [0.1, 0.15) is 30.6 Å². The second kappa shape index (κ2) is 5.14. The molecule has 4 nitrogen and oxygen atoms in total. The van der Waals surface area contributed by atoms with E-state index in [0.29, 0.717) is 0 Å². The molecule has 1 rings (SSSR count). The smallest absolute Gasteiger partial charge is 0.0715 e. The van der Waals surface area contributed by atoms with Crippen LogP contribution < -0.4 is 10.5 Å². The molecule has 4 heteroatoms. The molecule has 0 saturated heterocycles. The highest BCUT2D eigenvalue weighted by Crippen LogP contribution is 2.08. The average molecular weight is 205 g/mol. The van der Waals surface area contributed by atoms with Gasteiger partial charge in [-0.2, -0.15) is 5.10 Å². The van der Waals surface area contributed by atoms with E-state index in [1.54, 1.807) is 12.1 Å². The fourth-order valence-corrected chi connectivity index (χ4v) is 0.920. The minimum atomic E-state index is -1.17. The van der Waals surface area contributed by atoms with Crippen LogP contribution in [0.4, 0.5) is 5.69 Å². The fourth-order valence-electron chi connectivity index (χ4n) is 0.920. The van der Waals surface area contributed by atoms with Crippen molar-refractivity contribution in [2.24, 2.45) is 5.10 Å². The van der Waals surface area contributed by atoms with Gasteiger partial charge in [0.15, 0.2) is 0 Å². The third-order valence-corrected chi connectivity index (χ3v) is 2.01. The molecule has 0 heterocycles. The van der Waals surface area contributed by atoms with Gasteiger partial charge in [0.2, 0.25) is 0 Å². The number of carboxylic acid groups (broad SMARTS) is 1. The summed E-state index contributed by atoms with van der Waals surface area (Å²) in [6, 6.07) is 6.26. The Morgan fingerprint density at radius 3 is 2.47 bits per heavy atom. The predicted molar refractivity (Wildman–Crippen MR) is 57.8 cm³/mol. The number of carbonyl (C=O) groups excluding carboxylic acids is 1. The number of hydrazone groups is 1. The molecule has 1 N–H and O–H groups in total. The molecular formula is C11H13N2O2-. The van der Waals surface area contributed by atoms with E-state index in [2.05, 4.69) is 10.5 Å².